The number of amidine groups is 1. The predicted molar refractivity (Wildman–Crippen MR) is 68.8 cm³/mol. The van der Waals surface area contributed by atoms with Crippen molar-refractivity contribution in [1.82, 2.24) is 5.32 Å². The molecule has 2 unspecified atom stereocenters. The first-order valence-electron chi connectivity index (χ1n) is 6.42. The van der Waals surface area contributed by atoms with Crippen LogP contribution in [0.15, 0.2) is 5.16 Å². The van der Waals surface area contributed by atoms with E-state index >= 15 is 0 Å². The topological polar surface area (TPSA) is 70.6 Å². The van der Waals surface area contributed by atoms with Gasteiger partial charge in [-0.2, -0.15) is 0 Å². The third kappa shape index (κ3) is 5.95. The fourth-order valence-electron chi connectivity index (χ4n) is 1.88. The third-order valence-electron chi connectivity index (χ3n) is 2.86. The number of unbranched alkanes of at least 4 members (excludes halogenated alkanes) is 1. The molecule has 0 aromatic rings. The van der Waals surface area contributed by atoms with Gasteiger partial charge in [-0.15, -0.1) is 0 Å². The number of nitrogens with one attached hydrogen (secondary N) is 1. The lowest BCUT2D eigenvalue weighted by Gasteiger charge is -2.24. The number of rotatable bonds is 9. The fraction of sp³-hybridized carbons (Fsp3) is 0.917. The maximum absolute atomic E-state index is 8.68. The van der Waals surface area contributed by atoms with Gasteiger partial charge in [0.05, 0.1) is 6.04 Å². The van der Waals surface area contributed by atoms with Crippen LogP contribution in [0, 0.1) is 0 Å². The number of nitrogens with zero attached hydrogens (tertiary/aromatic N) is 1. The Bertz CT molecular complexity index is 195. The molecule has 0 amide bonds. The molecule has 4 heteroatoms. The number of oxime groups is 1. The van der Waals surface area contributed by atoms with Crippen LogP contribution in [-0.4, -0.2) is 23.1 Å². The van der Waals surface area contributed by atoms with Gasteiger partial charge in [-0.3, -0.25) is 0 Å². The van der Waals surface area contributed by atoms with Crippen LogP contribution in [0.2, 0.25) is 0 Å². The van der Waals surface area contributed by atoms with Crippen LogP contribution < -0.4 is 11.1 Å². The molecule has 0 bridgehead atoms. The van der Waals surface area contributed by atoms with Gasteiger partial charge in [0, 0.05) is 6.04 Å². The Kier molecular flexibility index (Phi) is 9.00. The highest BCUT2D eigenvalue weighted by atomic mass is 16.4. The lowest BCUT2D eigenvalue weighted by Crippen LogP contribution is -2.46. The van der Waals surface area contributed by atoms with Crippen molar-refractivity contribution >= 4 is 5.84 Å². The van der Waals surface area contributed by atoms with Crippen molar-refractivity contribution in [2.24, 2.45) is 10.9 Å². The molecule has 0 saturated carbocycles. The van der Waals surface area contributed by atoms with Crippen molar-refractivity contribution in [3.05, 3.63) is 0 Å². The largest absolute Gasteiger partial charge is 0.409 e. The summed E-state index contributed by atoms with van der Waals surface area (Å²) in [5.74, 6) is 0.292. The minimum Gasteiger partial charge on any atom is -0.409 e. The molecule has 0 heterocycles. The van der Waals surface area contributed by atoms with Crippen LogP contribution in [-0.2, 0) is 0 Å². The summed E-state index contributed by atoms with van der Waals surface area (Å²) in [6.07, 6.45) is 6.76. The minimum absolute atomic E-state index is 0.00148. The van der Waals surface area contributed by atoms with E-state index in [1.54, 1.807) is 0 Å². The Morgan fingerprint density at radius 2 is 1.94 bits per heavy atom. The summed E-state index contributed by atoms with van der Waals surface area (Å²) < 4.78 is 0. The second-order valence-corrected chi connectivity index (χ2v) is 4.28. The highest BCUT2D eigenvalue weighted by Crippen LogP contribution is 2.08. The smallest absolute Gasteiger partial charge is 0.156 e. The average molecular weight is 229 g/mol. The Labute approximate surface area is 99.3 Å². The van der Waals surface area contributed by atoms with Crippen LogP contribution in [0.1, 0.15) is 59.3 Å². The normalized spacial score (nSPS) is 16.1. The number of hydrogen-bond acceptors (Lipinski definition) is 3. The van der Waals surface area contributed by atoms with E-state index in [-0.39, 0.29) is 6.04 Å². The molecular weight excluding hydrogens is 202 g/mol. The summed E-state index contributed by atoms with van der Waals surface area (Å²) in [4.78, 5) is 0. The second-order valence-electron chi connectivity index (χ2n) is 4.28. The van der Waals surface area contributed by atoms with E-state index in [1.807, 2.05) is 6.92 Å². The lowest BCUT2D eigenvalue weighted by molar-refractivity contribution is 0.311. The van der Waals surface area contributed by atoms with Crippen molar-refractivity contribution in [3.8, 4) is 0 Å². The van der Waals surface area contributed by atoms with Crippen LogP contribution in [0.3, 0.4) is 0 Å². The monoisotopic (exact) mass is 229 g/mol. The number of hydrogen-bond donors (Lipinski definition) is 3. The van der Waals surface area contributed by atoms with Crippen molar-refractivity contribution in [2.45, 2.75) is 71.4 Å². The van der Waals surface area contributed by atoms with Gasteiger partial charge in [-0.1, -0.05) is 45.2 Å². The summed E-state index contributed by atoms with van der Waals surface area (Å²) in [6, 6.07) is 0.480. The molecule has 0 radical (unpaired) electrons. The van der Waals surface area contributed by atoms with Crippen LogP contribution in [0.5, 0.6) is 0 Å². The van der Waals surface area contributed by atoms with E-state index in [4.69, 9.17) is 10.9 Å². The Balaban J connectivity index is 4.22. The molecule has 0 aliphatic rings. The predicted octanol–water partition coefficient (Wildman–Crippen LogP) is 2.46. The van der Waals surface area contributed by atoms with Gasteiger partial charge >= 0.3 is 0 Å². The van der Waals surface area contributed by atoms with Gasteiger partial charge in [0.15, 0.2) is 5.84 Å². The van der Waals surface area contributed by atoms with E-state index in [1.165, 1.54) is 19.3 Å². The molecule has 0 fully saturated rings. The van der Waals surface area contributed by atoms with Crippen molar-refractivity contribution in [1.29, 1.82) is 0 Å². The zero-order chi connectivity index (χ0) is 12.4. The molecule has 4 nitrogen and oxygen atoms in total. The van der Waals surface area contributed by atoms with Crippen molar-refractivity contribution in [2.75, 3.05) is 0 Å². The van der Waals surface area contributed by atoms with E-state index in [0.29, 0.717) is 11.9 Å². The van der Waals surface area contributed by atoms with E-state index < -0.39 is 0 Å². The van der Waals surface area contributed by atoms with Gasteiger partial charge < -0.3 is 16.3 Å². The zero-order valence-electron chi connectivity index (χ0n) is 10.9. The molecule has 0 spiro atoms. The second kappa shape index (κ2) is 9.46. The van der Waals surface area contributed by atoms with Crippen LogP contribution in [0.25, 0.3) is 0 Å². The Hall–Kier alpha value is -0.770. The van der Waals surface area contributed by atoms with Gasteiger partial charge in [0.25, 0.3) is 0 Å². The average Bonchev–Trinajstić information content (AvgIpc) is 2.31. The maximum atomic E-state index is 8.68. The molecule has 0 saturated heterocycles. The minimum atomic E-state index is -0.00148. The summed E-state index contributed by atoms with van der Waals surface area (Å²) in [5.41, 5.74) is 5.64. The van der Waals surface area contributed by atoms with Gasteiger partial charge in [-0.25, -0.2) is 0 Å². The fourth-order valence-corrected chi connectivity index (χ4v) is 1.88. The maximum Gasteiger partial charge on any atom is 0.156 e. The Morgan fingerprint density at radius 1 is 1.25 bits per heavy atom. The summed E-state index contributed by atoms with van der Waals surface area (Å²) in [7, 11) is 0. The molecule has 16 heavy (non-hydrogen) atoms. The molecule has 96 valence electrons. The molecule has 0 rings (SSSR count). The zero-order valence-corrected chi connectivity index (χ0v) is 10.9. The van der Waals surface area contributed by atoms with Gasteiger partial charge in [0.1, 0.15) is 0 Å². The van der Waals surface area contributed by atoms with E-state index in [0.717, 1.165) is 19.3 Å². The molecule has 0 aromatic heterocycles. The van der Waals surface area contributed by atoms with Crippen LogP contribution in [0.4, 0.5) is 0 Å². The van der Waals surface area contributed by atoms with Crippen molar-refractivity contribution < 1.29 is 5.21 Å². The quantitative estimate of drug-likeness (QED) is 0.246. The molecule has 0 aromatic carbocycles. The standard InChI is InChI=1S/C12H27N3O/c1-4-7-9-10(8-5-2)14-11(6-3)12(13)15-16/h10-11,14,16H,4-9H2,1-3H3,(H2,13,15). The Morgan fingerprint density at radius 3 is 2.38 bits per heavy atom. The van der Waals surface area contributed by atoms with E-state index in [9.17, 15) is 0 Å². The number of nitrogens with two attached hydrogens (primary N) is 1. The first-order chi connectivity index (χ1) is 7.69. The SMILES string of the molecule is CCCCC(CCC)NC(CC)C(N)=NO. The molecule has 0 aliphatic heterocycles. The van der Waals surface area contributed by atoms with Gasteiger partial charge in [0.2, 0.25) is 0 Å². The first kappa shape index (κ1) is 15.2. The van der Waals surface area contributed by atoms with E-state index in [2.05, 4.69) is 24.3 Å². The summed E-state index contributed by atoms with van der Waals surface area (Å²) in [5, 5.41) is 15.2. The third-order valence-corrected chi connectivity index (χ3v) is 2.86. The molecule has 4 N–H and O–H groups in total. The highest BCUT2D eigenvalue weighted by Gasteiger charge is 2.16. The summed E-state index contributed by atoms with van der Waals surface area (Å²) in [6.45, 7) is 6.42. The summed E-state index contributed by atoms with van der Waals surface area (Å²) >= 11 is 0. The first-order valence-corrected chi connectivity index (χ1v) is 6.42. The highest BCUT2D eigenvalue weighted by molar-refractivity contribution is 5.85. The lowest BCUT2D eigenvalue weighted by atomic mass is 10.0. The van der Waals surface area contributed by atoms with Crippen LogP contribution >= 0.6 is 0 Å². The van der Waals surface area contributed by atoms with Crippen molar-refractivity contribution in [3.63, 3.8) is 0 Å². The molecule has 0 aliphatic carbocycles. The van der Waals surface area contributed by atoms with Gasteiger partial charge in [-0.05, 0) is 19.3 Å². The molecule has 2 atom stereocenters. The molecular formula is C12H27N3O.